The van der Waals surface area contributed by atoms with Crippen molar-refractivity contribution < 1.29 is 4.79 Å². The predicted molar refractivity (Wildman–Crippen MR) is 108 cm³/mol. The van der Waals surface area contributed by atoms with Crippen molar-refractivity contribution in [2.24, 2.45) is 0 Å². The highest BCUT2D eigenvalue weighted by molar-refractivity contribution is 7.99. The normalized spacial score (nSPS) is 11.1. The van der Waals surface area contributed by atoms with Gasteiger partial charge in [0.2, 0.25) is 11.1 Å². The zero-order valence-electron chi connectivity index (χ0n) is 15.0. The van der Waals surface area contributed by atoms with Crippen molar-refractivity contribution in [2.45, 2.75) is 19.0 Å². The smallest absolute Gasteiger partial charge is 0.273 e. The molecule has 0 aliphatic rings. The number of fused-ring (bicyclic) bond motifs is 1. The number of carbonyl (C=O) groups excluding carboxylic acids is 1. The third-order valence-corrected chi connectivity index (χ3v) is 5.52. The van der Waals surface area contributed by atoms with E-state index in [1.807, 2.05) is 36.6 Å². The van der Waals surface area contributed by atoms with Gasteiger partial charge >= 0.3 is 0 Å². The molecule has 0 saturated carbocycles. The standard InChI is InChI=1S/C17H15N7O2S2/c1-9-3-5-11(6-4-9)12-7-27-16(18-12)19-13(25)8-28-17-22-21-15-20-14(26)10(2)23-24(15)17/h3-7H,8H2,1-2H3,(H,18,19,25)(H,20,21,26). The van der Waals surface area contributed by atoms with Crippen LogP contribution in [0.2, 0.25) is 0 Å². The lowest BCUT2D eigenvalue weighted by Crippen LogP contribution is -2.16. The molecule has 0 atom stereocenters. The average Bonchev–Trinajstić information content (AvgIpc) is 3.28. The van der Waals surface area contributed by atoms with Crippen molar-refractivity contribution in [3.05, 3.63) is 51.3 Å². The van der Waals surface area contributed by atoms with E-state index in [2.05, 4.69) is 30.6 Å². The Morgan fingerprint density at radius 2 is 2.04 bits per heavy atom. The minimum absolute atomic E-state index is 0.111. The van der Waals surface area contributed by atoms with Crippen LogP contribution >= 0.6 is 23.1 Å². The van der Waals surface area contributed by atoms with Gasteiger partial charge in [0.05, 0.1) is 11.4 Å². The maximum Gasteiger partial charge on any atom is 0.273 e. The molecule has 1 aromatic carbocycles. The van der Waals surface area contributed by atoms with E-state index in [9.17, 15) is 9.59 Å². The number of aromatic amines is 1. The quantitative estimate of drug-likeness (QED) is 0.482. The summed E-state index contributed by atoms with van der Waals surface area (Å²) >= 11 is 2.54. The summed E-state index contributed by atoms with van der Waals surface area (Å²) in [6.07, 6.45) is 0. The van der Waals surface area contributed by atoms with Crippen LogP contribution in [0.1, 0.15) is 11.3 Å². The number of H-pyrrole nitrogens is 1. The van der Waals surface area contributed by atoms with Gasteiger partial charge in [-0.1, -0.05) is 41.6 Å². The van der Waals surface area contributed by atoms with Crippen molar-refractivity contribution in [3.63, 3.8) is 0 Å². The fourth-order valence-electron chi connectivity index (χ4n) is 2.38. The summed E-state index contributed by atoms with van der Waals surface area (Å²) in [5, 5.41) is 17.6. The Hall–Kier alpha value is -3.05. The minimum Gasteiger partial charge on any atom is -0.301 e. The summed E-state index contributed by atoms with van der Waals surface area (Å²) in [6, 6.07) is 8.05. The summed E-state index contributed by atoms with van der Waals surface area (Å²) in [7, 11) is 0. The Morgan fingerprint density at radius 3 is 2.82 bits per heavy atom. The molecule has 0 bridgehead atoms. The van der Waals surface area contributed by atoms with Gasteiger partial charge in [-0.05, 0) is 13.8 Å². The van der Waals surface area contributed by atoms with Crippen molar-refractivity contribution in [3.8, 4) is 11.3 Å². The zero-order chi connectivity index (χ0) is 19.7. The molecule has 0 aliphatic carbocycles. The van der Waals surface area contributed by atoms with Crippen molar-refractivity contribution >= 4 is 39.9 Å². The largest absolute Gasteiger partial charge is 0.301 e. The average molecular weight is 413 g/mol. The lowest BCUT2D eigenvalue weighted by molar-refractivity contribution is -0.113. The van der Waals surface area contributed by atoms with Crippen LogP contribution < -0.4 is 10.9 Å². The van der Waals surface area contributed by atoms with Crippen molar-refractivity contribution in [2.75, 3.05) is 11.1 Å². The molecule has 11 heteroatoms. The van der Waals surface area contributed by atoms with Gasteiger partial charge in [0.1, 0.15) is 5.69 Å². The molecule has 0 spiro atoms. The molecule has 2 N–H and O–H groups in total. The molecule has 0 radical (unpaired) electrons. The lowest BCUT2D eigenvalue weighted by Gasteiger charge is -2.01. The third kappa shape index (κ3) is 3.80. The Balaban J connectivity index is 1.41. The summed E-state index contributed by atoms with van der Waals surface area (Å²) in [6.45, 7) is 3.62. The number of nitrogens with zero attached hydrogens (tertiary/aromatic N) is 5. The number of thioether (sulfide) groups is 1. The van der Waals surface area contributed by atoms with E-state index in [-0.39, 0.29) is 23.0 Å². The molecule has 1 amide bonds. The lowest BCUT2D eigenvalue weighted by atomic mass is 10.1. The van der Waals surface area contributed by atoms with Crippen LogP contribution in [-0.4, -0.2) is 41.4 Å². The van der Waals surface area contributed by atoms with Crippen molar-refractivity contribution in [1.82, 2.24) is 29.8 Å². The number of amides is 1. The maximum absolute atomic E-state index is 12.3. The van der Waals surface area contributed by atoms with Crippen LogP contribution in [0, 0.1) is 13.8 Å². The van der Waals surface area contributed by atoms with Gasteiger partial charge in [0.15, 0.2) is 5.13 Å². The molecule has 28 heavy (non-hydrogen) atoms. The van der Waals surface area contributed by atoms with Crippen LogP contribution in [0.4, 0.5) is 5.13 Å². The molecule has 9 nitrogen and oxygen atoms in total. The van der Waals surface area contributed by atoms with Crippen LogP contribution in [0.5, 0.6) is 0 Å². The summed E-state index contributed by atoms with van der Waals surface area (Å²) < 4.78 is 1.41. The van der Waals surface area contributed by atoms with E-state index in [1.54, 1.807) is 6.92 Å². The van der Waals surface area contributed by atoms with Gasteiger partial charge in [-0.3, -0.25) is 14.6 Å². The molecular formula is C17H15N7O2S2. The Bertz CT molecular complexity index is 1210. The molecule has 4 aromatic rings. The number of hydrogen-bond acceptors (Lipinski definition) is 8. The van der Waals surface area contributed by atoms with E-state index >= 15 is 0 Å². The molecule has 0 saturated heterocycles. The number of carbonyl (C=O) groups is 1. The Morgan fingerprint density at radius 1 is 1.25 bits per heavy atom. The fourth-order valence-corrected chi connectivity index (χ4v) is 3.80. The molecule has 0 aliphatic heterocycles. The number of benzene rings is 1. The molecule has 3 aromatic heterocycles. The summed E-state index contributed by atoms with van der Waals surface area (Å²) in [4.78, 5) is 30.8. The van der Waals surface area contributed by atoms with Crippen LogP contribution in [0.15, 0.2) is 39.6 Å². The van der Waals surface area contributed by atoms with Crippen LogP contribution in [-0.2, 0) is 4.79 Å². The van der Waals surface area contributed by atoms with Gasteiger partial charge in [-0.25, -0.2) is 4.98 Å². The van der Waals surface area contributed by atoms with Gasteiger partial charge in [-0.2, -0.15) is 9.61 Å². The second-order valence-corrected chi connectivity index (χ2v) is 7.80. The van der Waals surface area contributed by atoms with Crippen LogP contribution in [0.25, 0.3) is 17.0 Å². The molecule has 3 heterocycles. The molecule has 0 unspecified atom stereocenters. The molecular weight excluding hydrogens is 398 g/mol. The third-order valence-electron chi connectivity index (χ3n) is 3.85. The maximum atomic E-state index is 12.3. The number of anilines is 1. The highest BCUT2D eigenvalue weighted by Crippen LogP contribution is 2.25. The topological polar surface area (TPSA) is 118 Å². The molecule has 4 rings (SSSR count). The SMILES string of the molecule is Cc1ccc(-c2csc(NC(=O)CSc3nnc4[nH]c(=O)c(C)nn34)n2)cc1. The first kappa shape index (κ1) is 18.3. The highest BCUT2D eigenvalue weighted by Gasteiger charge is 2.13. The molecule has 0 fully saturated rings. The predicted octanol–water partition coefficient (Wildman–Crippen LogP) is 2.28. The Labute approximate surface area is 167 Å². The first-order valence-corrected chi connectivity index (χ1v) is 10.1. The summed E-state index contributed by atoms with van der Waals surface area (Å²) in [5.41, 5.74) is 2.98. The second-order valence-electron chi connectivity index (χ2n) is 6.00. The van der Waals surface area contributed by atoms with Gasteiger partial charge in [0.25, 0.3) is 11.3 Å². The van der Waals surface area contributed by atoms with Gasteiger partial charge < -0.3 is 5.32 Å². The van der Waals surface area contributed by atoms with E-state index in [1.165, 1.54) is 33.2 Å². The Kier molecular flexibility index (Phi) is 4.92. The number of aryl methyl sites for hydroxylation is 2. The van der Waals surface area contributed by atoms with Crippen molar-refractivity contribution in [1.29, 1.82) is 0 Å². The molecule has 142 valence electrons. The monoisotopic (exact) mass is 413 g/mol. The van der Waals surface area contributed by atoms with Gasteiger partial charge in [-0.15, -0.1) is 21.5 Å². The van der Waals surface area contributed by atoms with Crippen LogP contribution in [0.3, 0.4) is 0 Å². The highest BCUT2D eigenvalue weighted by atomic mass is 32.2. The first-order chi connectivity index (χ1) is 13.5. The number of hydrogen-bond donors (Lipinski definition) is 2. The van der Waals surface area contributed by atoms with E-state index in [0.717, 1.165) is 11.3 Å². The van der Waals surface area contributed by atoms with E-state index in [0.29, 0.717) is 16.0 Å². The van der Waals surface area contributed by atoms with Gasteiger partial charge in [0, 0.05) is 10.9 Å². The minimum atomic E-state index is -0.317. The number of rotatable bonds is 5. The number of thiazole rings is 1. The number of aromatic nitrogens is 6. The van der Waals surface area contributed by atoms with E-state index < -0.39 is 0 Å². The fraction of sp³-hybridized carbons (Fsp3) is 0.176. The number of nitrogens with one attached hydrogen (secondary N) is 2. The van der Waals surface area contributed by atoms with E-state index in [4.69, 9.17) is 0 Å². The zero-order valence-corrected chi connectivity index (χ0v) is 16.6. The second kappa shape index (κ2) is 7.52. The summed E-state index contributed by atoms with van der Waals surface area (Å²) in [5.74, 6) is 0.133. The first-order valence-electron chi connectivity index (χ1n) is 8.27.